The third kappa shape index (κ3) is 5.73. The highest BCUT2D eigenvalue weighted by molar-refractivity contribution is 9.10. The second-order valence-corrected chi connectivity index (χ2v) is 5.53. The number of hydrogen-bond acceptors (Lipinski definition) is 4. The van der Waals surface area contributed by atoms with Gasteiger partial charge in [-0.3, -0.25) is 4.79 Å². The highest BCUT2D eigenvalue weighted by Crippen LogP contribution is 2.21. The van der Waals surface area contributed by atoms with E-state index in [2.05, 4.69) is 31.8 Å². The molecule has 0 aliphatic heterocycles. The lowest BCUT2D eigenvalue weighted by molar-refractivity contribution is -0.118. The number of amides is 3. The normalized spacial score (nSPS) is 10.4. The zero-order valence-electron chi connectivity index (χ0n) is 12.5. The van der Waals surface area contributed by atoms with Gasteiger partial charge >= 0.3 is 6.03 Å². The van der Waals surface area contributed by atoms with Crippen molar-refractivity contribution in [3.63, 3.8) is 0 Å². The Morgan fingerprint density at radius 2 is 1.96 bits per heavy atom. The van der Waals surface area contributed by atoms with Gasteiger partial charge in [0.05, 0.1) is 6.21 Å². The highest BCUT2D eigenvalue weighted by Gasteiger charge is 2.07. The first kappa shape index (κ1) is 17.5. The number of benzene rings is 2. The number of ether oxygens (including phenoxy) is 1. The van der Waals surface area contributed by atoms with Gasteiger partial charge in [-0.05, 0) is 30.3 Å². The van der Waals surface area contributed by atoms with Crippen molar-refractivity contribution in [1.82, 2.24) is 5.43 Å². The smallest absolute Gasteiger partial charge is 0.332 e. The number of rotatable bonds is 6. The molecular weight excluding hydrogens is 376 g/mol. The number of urea groups is 1. The summed E-state index contributed by atoms with van der Waals surface area (Å²) in [7, 11) is 0. The summed E-state index contributed by atoms with van der Waals surface area (Å²) >= 11 is 3.33. The summed E-state index contributed by atoms with van der Waals surface area (Å²) in [5.41, 5.74) is 8.30. The Morgan fingerprint density at radius 3 is 2.67 bits per heavy atom. The average molecular weight is 391 g/mol. The number of hydrogen-bond donors (Lipinski definition) is 3. The zero-order chi connectivity index (χ0) is 17.4. The number of para-hydroxylation sites is 1. The van der Waals surface area contributed by atoms with Crippen LogP contribution in [0, 0.1) is 0 Å². The second kappa shape index (κ2) is 8.68. The van der Waals surface area contributed by atoms with Gasteiger partial charge in [0.1, 0.15) is 5.75 Å². The predicted molar refractivity (Wildman–Crippen MR) is 95.0 cm³/mol. The molecule has 3 amide bonds. The Hall–Kier alpha value is -2.87. The van der Waals surface area contributed by atoms with Gasteiger partial charge in [-0.2, -0.15) is 5.10 Å². The number of anilines is 1. The van der Waals surface area contributed by atoms with Crippen molar-refractivity contribution < 1.29 is 14.3 Å². The number of nitrogens with one attached hydrogen (secondary N) is 2. The molecule has 0 unspecified atom stereocenters. The van der Waals surface area contributed by atoms with Crippen LogP contribution in [0.5, 0.6) is 5.75 Å². The molecule has 0 aliphatic carbocycles. The van der Waals surface area contributed by atoms with E-state index < -0.39 is 6.03 Å². The summed E-state index contributed by atoms with van der Waals surface area (Å²) in [6.45, 7) is -0.166. The number of primary amides is 1. The molecule has 8 heteroatoms. The first-order valence-electron chi connectivity index (χ1n) is 6.90. The summed E-state index contributed by atoms with van der Waals surface area (Å²) in [4.78, 5) is 22.5. The maximum absolute atomic E-state index is 11.9. The van der Waals surface area contributed by atoms with Crippen LogP contribution in [-0.4, -0.2) is 24.8 Å². The average Bonchev–Trinajstić information content (AvgIpc) is 2.54. The molecule has 0 saturated carbocycles. The van der Waals surface area contributed by atoms with E-state index in [0.29, 0.717) is 17.0 Å². The van der Waals surface area contributed by atoms with Crippen molar-refractivity contribution in [3.8, 4) is 5.75 Å². The second-order valence-electron chi connectivity index (χ2n) is 4.62. The minimum Gasteiger partial charge on any atom is -0.483 e. The van der Waals surface area contributed by atoms with Gasteiger partial charge in [0.2, 0.25) is 0 Å². The van der Waals surface area contributed by atoms with Crippen molar-refractivity contribution in [1.29, 1.82) is 0 Å². The largest absolute Gasteiger partial charge is 0.483 e. The predicted octanol–water partition coefficient (Wildman–Crippen LogP) is 2.47. The lowest BCUT2D eigenvalue weighted by Gasteiger charge is -2.10. The Balaban J connectivity index is 1.99. The molecule has 0 radical (unpaired) electrons. The topological polar surface area (TPSA) is 106 Å². The van der Waals surface area contributed by atoms with E-state index in [0.717, 1.165) is 4.47 Å². The number of carbonyl (C=O) groups is 2. The molecule has 7 nitrogen and oxygen atoms in total. The van der Waals surface area contributed by atoms with Gasteiger partial charge < -0.3 is 15.8 Å². The molecule has 24 heavy (non-hydrogen) atoms. The maximum Gasteiger partial charge on any atom is 0.332 e. The van der Waals surface area contributed by atoms with Gasteiger partial charge in [-0.15, -0.1) is 0 Å². The van der Waals surface area contributed by atoms with Crippen molar-refractivity contribution >= 4 is 39.8 Å². The number of nitrogens with zero attached hydrogens (tertiary/aromatic N) is 1. The standard InChI is InChI=1S/C16H15BrN4O3/c17-12-6-7-14(11(8-12)9-19-21-16(18)23)24-10-15(22)20-13-4-2-1-3-5-13/h1-9H,10H2,(H,20,22)(H3,18,21,23)/b19-9+. The number of carbonyl (C=O) groups excluding carboxylic acids is 2. The first-order valence-corrected chi connectivity index (χ1v) is 7.69. The quantitative estimate of drug-likeness (QED) is 0.520. The van der Waals surface area contributed by atoms with Crippen LogP contribution in [0.4, 0.5) is 10.5 Å². The summed E-state index contributed by atoms with van der Waals surface area (Å²) in [6, 6.07) is 13.5. The molecule has 0 spiro atoms. The zero-order valence-corrected chi connectivity index (χ0v) is 14.1. The third-order valence-electron chi connectivity index (χ3n) is 2.77. The monoisotopic (exact) mass is 390 g/mol. The Labute approximate surface area is 147 Å². The third-order valence-corrected chi connectivity index (χ3v) is 3.26. The molecule has 2 rings (SSSR count). The maximum atomic E-state index is 11.9. The number of hydrazone groups is 1. The van der Waals surface area contributed by atoms with E-state index >= 15 is 0 Å². The fourth-order valence-corrected chi connectivity index (χ4v) is 2.16. The molecule has 0 aromatic heterocycles. The molecular formula is C16H15BrN4O3. The van der Waals surface area contributed by atoms with Crippen LogP contribution in [-0.2, 0) is 4.79 Å². The van der Waals surface area contributed by atoms with Crippen molar-refractivity contribution in [2.45, 2.75) is 0 Å². The van der Waals surface area contributed by atoms with Gasteiger partial charge in [0, 0.05) is 15.7 Å². The van der Waals surface area contributed by atoms with E-state index in [1.165, 1.54) is 6.21 Å². The minimum absolute atomic E-state index is 0.166. The van der Waals surface area contributed by atoms with Gasteiger partial charge in [0.25, 0.3) is 5.91 Å². The van der Waals surface area contributed by atoms with Gasteiger partial charge in [-0.1, -0.05) is 34.1 Å². The molecule has 2 aromatic rings. The fourth-order valence-electron chi connectivity index (χ4n) is 1.78. The van der Waals surface area contributed by atoms with E-state index in [1.807, 2.05) is 18.2 Å². The number of nitrogens with two attached hydrogens (primary N) is 1. The van der Waals surface area contributed by atoms with Gasteiger partial charge in [-0.25, -0.2) is 10.2 Å². The molecule has 0 heterocycles. The van der Waals surface area contributed by atoms with Gasteiger partial charge in [0.15, 0.2) is 6.61 Å². The van der Waals surface area contributed by atoms with E-state index in [9.17, 15) is 9.59 Å². The molecule has 4 N–H and O–H groups in total. The van der Waals surface area contributed by atoms with Crippen LogP contribution in [0.2, 0.25) is 0 Å². The van der Waals surface area contributed by atoms with Crippen LogP contribution in [0.25, 0.3) is 0 Å². The highest BCUT2D eigenvalue weighted by atomic mass is 79.9. The lowest BCUT2D eigenvalue weighted by Crippen LogP contribution is -2.24. The summed E-state index contributed by atoms with van der Waals surface area (Å²) in [5, 5.41) is 6.41. The molecule has 0 bridgehead atoms. The van der Waals surface area contributed by atoms with Crippen molar-refractivity contribution in [2.24, 2.45) is 10.8 Å². The van der Waals surface area contributed by atoms with E-state index in [4.69, 9.17) is 10.5 Å². The van der Waals surface area contributed by atoms with E-state index in [-0.39, 0.29) is 12.5 Å². The van der Waals surface area contributed by atoms with E-state index in [1.54, 1.807) is 30.3 Å². The molecule has 0 saturated heterocycles. The lowest BCUT2D eigenvalue weighted by atomic mass is 10.2. The number of halogens is 1. The minimum atomic E-state index is -0.772. The van der Waals surface area contributed by atoms with Crippen molar-refractivity contribution in [2.75, 3.05) is 11.9 Å². The van der Waals surface area contributed by atoms with Crippen molar-refractivity contribution in [3.05, 3.63) is 58.6 Å². The van der Waals surface area contributed by atoms with Crippen LogP contribution in [0.15, 0.2) is 58.1 Å². The summed E-state index contributed by atoms with van der Waals surface area (Å²) < 4.78 is 6.31. The fraction of sp³-hybridized carbons (Fsp3) is 0.0625. The molecule has 2 aromatic carbocycles. The van der Waals surface area contributed by atoms with Crippen LogP contribution in [0.1, 0.15) is 5.56 Å². The van der Waals surface area contributed by atoms with Crippen LogP contribution >= 0.6 is 15.9 Å². The van der Waals surface area contributed by atoms with Crippen LogP contribution in [0.3, 0.4) is 0 Å². The Kier molecular flexibility index (Phi) is 6.32. The summed E-state index contributed by atoms with van der Waals surface area (Å²) in [6.07, 6.45) is 1.37. The first-order chi connectivity index (χ1) is 11.5. The Morgan fingerprint density at radius 1 is 1.21 bits per heavy atom. The van der Waals surface area contributed by atoms with Crippen LogP contribution < -0.4 is 21.2 Å². The molecule has 0 fully saturated rings. The molecule has 124 valence electrons. The molecule has 0 atom stereocenters. The molecule has 0 aliphatic rings. The summed E-state index contributed by atoms with van der Waals surface area (Å²) in [5.74, 6) is 0.152. The SMILES string of the molecule is NC(=O)N/N=C/c1cc(Br)ccc1OCC(=O)Nc1ccccc1. The Bertz CT molecular complexity index is 750.